The van der Waals surface area contributed by atoms with E-state index in [9.17, 15) is 0 Å². The zero-order valence-electron chi connectivity index (χ0n) is 8.43. The van der Waals surface area contributed by atoms with Gasteiger partial charge in [0.05, 0.1) is 12.8 Å². The molecule has 1 heterocycles. The maximum absolute atomic E-state index is 5.10. The summed E-state index contributed by atoms with van der Waals surface area (Å²) in [7, 11) is 1.67. The van der Waals surface area contributed by atoms with Gasteiger partial charge in [0.15, 0.2) is 0 Å². The lowest BCUT2D eigenvalue weighted by atomic mass is 10.3. The Morgan fingerprint density at radius 1 is 1.27 bits per heavy atom. The number of hydrogen-bond donors (Lipinski definition) is 0. The van der Waals surface area contributed by atoms with E-state index in [1.807, 2.05) is 31.2 Å². The van der Waals surface area contributed by atoms with Gasteiger partial charge in [-0.05, 0) is 42.7 Å². The summed E-state index contributed by atoms with van der Waals surface area (Å²) in [5.74, 6) is 0.874. The minimum Gasteiger partial charge on any atom is -0.497 e. The highest BCUT2D eigenvalue weighted by atomic mass is 32.2. The molecule has 5 heteroatoms. The van der Waals surface area contributed by atoms with Crippen LogP contribution in [0.15, 0.2) is 33.4 Å². The second-order valence-corrected chi connectivity index (χ2v) is 5.02. The lowest BCUT2D eigenvalue weighted by Gasteiger charge is -2.01. The molecule has 0 fully saturated rings. The van der Waals surface area contributed by atoms with Crippen molar-refractivity contribution < 1.29 is 4.74 Å². The van der Waals surface area contributed by atoms with Crippen LogP contribution < -0.4 is 4.74 Å². The average molecular weight is 238 g/mol. The third-order valence-corrected chi connectivity index (χ3v) is 3.97. The highest BCUT2D eigenvalue weighted by molar-refractivity contribution is 8.01. The van der Waals surface area contributed by atoms with Crippen LogP contribution in [0, 0.1) is 6.92 Å². The first-order valence-electron chi connectivity index (χ1n) is 4.40. The lowest BCUT2D eigenvalue weighted by molar-refractivity contribution is 0.414. The van der Waals surface area contributed by atoms with Crippen LogP contribution in [0.3, 0.4) is 0 Å². The Kier molecular flexibility index (Phi) is 3.23. The normalized spacial score (nSPS) is 10.3. The van der Waals surface area contributed by atoms with Crippen molar-refractivity contribution in [3.63, 3.8) is 0 Å². The molecule has 0 unspecified atom stereocenters. The molecule has 0 amide bonds. The van der Waals surface area contributed by atoms with E-state index in [1.165, 1.54) is 16.4 Å². The van der Waals surface area contributed by atoms with Gasteiger partial charge in [-0.15, -0.1) is 5.10 Å². The molecule has 15 heavy (non-hydrogen) atoms. The summed E-state index contributed by atoms with van der Waals surface area (Å²) in [4.78, 5) is 1.17. The number of benzene rings is 1. The van der Waals surface area contributed by atoms with Crippen molar-refractivity contribution in [2.45, 2.75) is 16.0 Å². The van der Waals surface area contributed by atoms with Crippen molar-refractivity contribution in [3.8, 4) is 5.75 Å². The Morgan fingerprint density at radius 2 is 2.00 bits per heavy atom. The molecule has 3 nitrogen and oxygen atoms in total. The minimum atomic E-state index is 0.874. The van der Waals surface area contributed by atoms with E-state index >= 15 is 0 Å². The molecule has 0 radical (unpaired) electrons. The van der Waals surface area contributed by atoms with Crippen molar-refractivity contribution in [2.75, 3.05) is 7.11 Å². The molecular formula is C10H10N2OS2. The number of nitrogens with zero attached hydrogens (tertiary/aromatic N) is 2. The highest BCUT2D eigenvalue weighted by Gasteiger charge is 2.05. The smallest absolute Gasteiger partial charge is 0.118 e. The van der Waals surface area contributed by atoms with Gasteiger partial charge in [-0.25, -0.2) is 0 Å². The van der Waals surface area contributed by atoms with Crippen LogP contribution >= 0.6 is 23.3 Å². The molecule has 0 atom stereocenters. The van der Waals surface area contributed by atoms with Gasteiger partial charge in [-0.3, -0.25) is 0 Å². The van der Waals surface area contributed by atoms with Gasteiger partial charge in [0.25, 0.3) is 0 Å². The topological polar surface area (TPSA) is 35.0 Å². The third kappa shape index (κ3) is 2.49. The third-order valence-electron chi connectivity index (χ3n) is 1.88. The van der Waals surface area contributed by atoms with Crippen LogP contribution in [0.25, 0.3) is 0 Å². The second-order valence-electron chi connectivity index (χ2n) is 2.92. The summed E-state index contributed by atoms with van der Waals surface area (Å²) < 4.78 is 10.1. The summed E-state index contributed by atoms with van der Waals surface area (Å²) in [5, 5.41) is 3.97. The number of aromatic nitrogens is 2. The van der Waals surface area contributed by atoms with Crippen LogP contribution in [-0.2, 0) is 0 Å². The molecular weight excluding hydrogens is 228 g/mol. The first-order chi connectivity index (χ1) is 7.29. The molecule has 0 aliphatic rings. The zero-order valence-corrected chi connectivity index (χ0v) is 10.1. The molecule has 0 saturated heterocycles. The largest absolute Gasteiger partial charge is 0.497 e. The quantitative estimate of drug-likeness (QED) is 0.823. The van der Waals surface area contributed by atoms with E-state index in [0.717, 1.165) is 15.7 Å². The predicted octanol–water partition coefficient (Wildman–Crippen LogP) is 3.01. The highest BCUT2D eigenvalue weighted by Crippen LogP contribution is 2.32. The summed E-state index contributed by atoms with van der Waals surface area (Å²) in [6, 6.07) is 7.96. The van der Waals surface area contributed by atoms with Gasteiger partial charge in [0.2, 0.25) is 0 Å². The summed E-state index contributed by atoms with van der Waals surface area (Å²) in [5.41, 5.74) is 0.987. The van der Waals surface area contributed by atoms with Crippen LogP contribution in [0.5, 0.6) is 5.75 Å². The van der Waals surface area contributed by atoms with Crippen LogP contribution in [-0.4, -0.2) is 16.7 Å². The Balaban J connectivity index is 2.14. The maximum atomic E-state index is 5.10. The predicted molar refractivity (Wildman–Crippen MR) is 61.8 cm³/mol. The molecule has 1 aromatic heterocycles. The standard InChI is InChI=1S/C10H10N2OS2/c1-7-10(15-12-11-7)14-9-5-3-8(13-2)4-6-9/h3-6H,1-2H3. The van der Waals surface area contributed by atoms with Crippen molar-refractivity contribution >= 4 is 23.3 Å². The van der Waals surface area contributed by atoms with Crippen LogP contribution in [0.1, 0.15) is 5.69 Å². The zero-order chi connectivity index (χ0) is 10.7. The second kappa shape index (κ2) is 4.63. The monoisotopic (exact) mass is 238 g/mol. The van der Waals surface area contributed by atoms with Gasteiger partial charge in [-0.2, -0.15) is 0 Å². The number of ether oxygens (including phenoxy) is 1. The van der Waals surface area contributed by atoms with Gasteiger partial charge in [0, 0.05) is 4.90 Å². The first kappa shape index (κ1) is 10.4. The number of methoxy groups -OCH3 is 1. The summed E-state index contributed by atoms with van der Waals surface area (Å²) in [6.45, 7) is 1.97. The molecule has 1 aromatic carbocycles. The molecule has 0 N–H and O–H groups in total. The van der Waals surface area contributed by atoms with Crippen molar-refractivity contribution in [2.24, 2.45) is 0 Å². The van der Waals surface area contributed by atoms with Gasteiger partial charge < -0.3 is 4.74 Å². The fourth-order valence-corrected chi connectivity index (χ4v) is 2.69. The van der Waals surface area contributed by atoms with Crippen LogP contribution in [0.4, 0.5) is 0 Å². The number of rotatable bonds is 3. The average Bonchev–Trinajstić information content (AvgIpc) is 2.66. The van der Waals surface area contributed by atoms with E-state index in [0.29, 0.717) is 0 Å². The number of hydrogen-bond acceptors (Lipinski definition) is 5. The Labute approximate surface area is 96.6 Å². The molecule has 0 saturated carbocycles. The molecule has 0 spiro atoms. The molecule has 0 aliphatic carbocycles. The van der Waals surface area contributed by atoms with Gasteiger partial charge in [0.1, 0.15) is 9.96 Å². The molecule has 2 aromatic rings. The van der Waals surface area contributed by atoms with E-state index < -0.39 is 0 Å². The van der Waals surface area contributed by atoms with E-state index in [1.54, 1.807) is 18.9 Å². The van der Waals surface area contributed by atoms with E-state index in [-0.39, 0.29) is 0 Å². The maximum Gasteiger partial charge on any atom is 0.118 e. The molecule has 0 bridgehead atoms. The Hall–Kier alpha value is -1.07. The van der Waals surface area contributed by atoms with Crippen molar-refractivity contribution in [1.82, 2.24) is 9.59 Å². The van der Waals surface area contributed by atoms with Crippen LogP contribution in [0.2, 0.25) is 0 Å². The van der Waals surface area contributed by atoms with Gasteiger partial charge in [-0.1, -0.05) is 16.3 Å². The fourth-order valence-electron chi connectivity index (χ4n) is 1.07. The molecule has 0 aliphatic heterocycles. The Bertz CT molecular complexity index is 439. The Morgan fingerprint density at radius 3 is 2.53 bits per heavy atom. The van der Waals surface area contributed by atoms with Gasteiger partial charge >= 0.3 is 0 Å². The lowest BCUT2D eigenvalue weighted by Crippen LogP contribution is -1.81. The summed E-state index contributed by atoms with van der Waals surface area (Å²) >= 11 is 3.10. The fraction of sp³-hybridized carbons (Fsp3) is 0.200. The van der Waals surface area contributed by atoms with E-state index in [2.05, 4.69) is 9.59 Å². The van der Waals surface area contributed by atoms with E-state index in [4.69, 9.17) is 4.74 Å². The van der Waals surface area contributed by atoms with Crippen molar-refractivity contribution in [1.29, 1.82) is 0 Å². The molecule has 2 rings (SSSR count). The molecule has 78 valence electrons. The summed E-state index contributed by atoms with van der Waals surface area (Å²) in [6.07, 6.45) is 0. The minimum absolute atomic E-state index is 0.874. The van der Waals surface area contributed by atoms with Crippen molar-refractivity contribution in [3.05, 3.63) is 30.0 Å². The number of aryl methyl sites for hydroxylation is 1. The first-order valence-corrected chi connectivity index (χ1v) is 5.99. The SMILES string of the molecule is COc1ccc(Sc2snnc2C)cc1.